The zero-order valence-corrected chi connectivity index (χ0v) is 30.3. The van der Waals surface area contributed by atoms with Crippen molar-refractivity contribution in [2.24, 2.45) is 5.92 Å². The van der Waals surface area contributed by atoms with Gasteiger partial charge in [0.2, 0.25) is 5.91 Å². The van der Waals surface area contributed by atoms with Crippen LogP contribution in [0.5, 0.6) is 5.75 Å². The van der Waals surface area contributed by atoms with Gasteiger partial charge in [-0.1, -0.05) is 49.4 Å². The van der Waals surface area contributed by atoms with Gasteiger partial charge in [-0.3, -0.25) is 19.3 Å². The maximum atomic E-state index is 13.5. The summed E-state index contributed by atoms with van der Waals surface area (Å²) in [6.07, 6.45) is 5.47. The third-order valence-corrected chi connectivity index (χ3v) is 10.0. The number of nitrogens with zero attached hydrogens (tertiary/aromatic N) is 3. The molecule has 0 radical (unpaired) electrons. The average molecular weight is 727 g/mol. The molecule has 5 rings (SSSR count). The molecule has 0 aliphatic rings. The maximum absolute atomic E-state index is 13.5. The number of nitrogens with one attached hydrogen (secondary N) is 3. The molecule has 0 bridgehead atoms. The Bertz CT molecular complexity index is 1960. The van der Waals surface area contributed by atoms with E-state index in [2.05, 4.69) is 25.3 Å². The summed E-state index contributed by atoms with van der Waals surface area (Å²) >= 11 is 1.48. The van der Waals surface area contributed by atoms with Crippen LogP contribution in [0, 0.1) is 5.92 Å². The molecule has 2 amide bonds. The van der Waals surface area contributed by atoms with Gasteiger partial charge in [0.05, 0.1) is 24.7 Å². The Kier molecular flexibility index (Phi) is 13.1. The van der Waals surface area contributed by atoms with Gasteiger partial charge in [0, 0.05) is 47.9 Å². The third kappa shape index (κ3) is 11.6. The number of aryl methyl sites for hydroxylation is 1. The van der Waals surface area contributed by atoms with Crippen molar-refractivity contribution >= 4 is 49.7 Å². The summed E-state index contributed by atoms with van der Waals surface area (Å²) in [5.74, 6) is -0.410. The molecule has 2 heterocycles. The minimum Gasteiger partial charge on any atom is -0.497 e. The number of ether oxygens (including phenoxy) is 1. The number of benzene rings is 3. The molecule has 5 aromatic rings. The first-order valence-electron chi connectivity index (χ1n) is 16.6. The van der Waals surface area contributed by atoms with E-state index in [1.54, 1.807) is 48.8 Å². The Morgan fingerprint density at radius 3 is 2.41 bits per heavy atom. The van der Waals surface area contributed by atoms with Gasteiger partial charge in [-0.25, -0.2) is 13.4 Å². The van der Waals surface area contributed by atoms with Crippen molar-refractivity contribution in [3.8, 4) is 17.0 Å². The second kappa shape index (κ2) is 18.1. The number of hydrogen-bond acceptors (Lipinski definition) is 9. The lowest BCUT2D eigenvalue weighted by atomic mass is 10.0. The lowest BCUT2D eigenvalue weighted by Crippen LogP contribution is -2.39. The van der Waals surface area contributed by atoms with Crippen molar-refractivity contribution in [3.05, 3.63) is 120 Å². The number of rotatable bonds is 18. The van der Waals surface area contributed by atoms with E-state index in [0.29, 0.717) is 49.4 Å². The molecule has 3 N–H and O–H groups in total. The normalized spacial score (nSPS) is 11.7. The number of hydrogen-bond donors (Lipinski definition) is 3. The fourth-order valence-electron chi connectivity index (χ4n) is 5.34. The maximum Gasteiger partial charge on any atom is 0.251 e. The summed E-state index contributed by atoms with van der Waals surface area (Å²) in [6, 6.07) is 27.5. The predicted molar refractivity (Wildman–Crippen MR) is 203 cm³/mol. The second-order valence-corrected chi connectivity index (χ2v) is 14.7. The van der Waals surface area contributed by atoms with Gasteiger partial charge in [0.25, 0.3) is 15.9 Å². The largest absolute Gasteiger partial charge is 0.497 e. The quantitative estimate of drug-likeness (QED) is 0.0880. The molecule has 1 unspecified atom stereocenters. The van der Waals surface area contributed by atoms with Gasteiger partial charge >= 0.3 is 0 Å². The molecular formula is C38H42N6O5S2. The summed E-state index contributed by atoms with van der Waals surface area (Å²) in [6.45, 7) is 2.59. The van der Waals surface area contributed by atoms with Crippen LogP contribution in [0.1, 0.15) is 42.1 Å². The summed E-state index contributed by atoms with van der Waals surface area (Å²) in [4.78, 5) is 36.5. The number of sulfonamides is 1. The number of carbonyl (C=O) groups excluding carboxylic acids is 2. The SMILES string of the molecule is COc1ccc(NS(=O)(=O)CN(CCCc2ccccc2)C(=O)CC(C)CCNC(=O)c2ccc(-c3csc(Nc4cccnc4)n3)cc2)cc1. The highest BCUT2D eigenvalue weighted by atomic mass is 32.2. The minimum atomic E-state index is -3.87. The standard InChI is InChI=1S/C38H42N6O5S2/c1-28(20-22-40-37(46)31-14-12-30(13-15-31)35-26-50-38(42-35)41-33-11-6-21-39-25-33)24-36(45)44(23-7-10-29-8-4-3-5-9-29)27-51(47,48)43-32-16-18-34(49-2)19-17-32/h3-6,8-9,11-19,21,25-26,28,43H,7,10,20,22-24,27H2,1-2H3,(H,40,46)(H,41,42). The average Bonchev–Trinajstić information content (AvgIpc) is 3.60. The first-order valence-corrected chi connectivity index (χ1v) is 19.2. The molecule has 0 aliphatic heterocycles. The van der Waals surface area contributed by atoms with Crippen LogP contribution in [0.4, 0.5) is 16.5 Å². The van der Waals surface area contributed by atoms with E-state index in [9.17, 15) is 18.0 Å². The van der Waals surface area contributed by atoms with Crippen molar-refractivity contribution in [2.75, 3.05) is 36.1 Å². The number of aromatic nitrogens is 2. The molecule has 11 nitrogen and oxygen atoms in total. The van der Waals surface area contributed by atoms with Crippen LogP contribution in [0.25, 0.3) is 11.3 Å². The number of amides is 2. The molecule has 3 aromatic carbocycles. The van der Waals surface area contributed by atoms with Gasteiger partial charge in [0.1, 0.15) is 11.6 Å². The van der Waals surface area contributed by atoms with Crippen LogP contribution >= 0.6 is 11.3 Å². The van der Waals surface area contributed by atoms with Crippen LogP contribution in [-0.4, -0.2) is 61.2 Å². The van der Waals surface area contributed by atoms with E-state index in [1.165, 1.54) is 23.3 Å². The molecule has 266 valence electrons. The fraction of sp³-hybridized carbons (Fsp3) is 0.263. The summed E-state index contributed by atoms with van der Waals surface area (Å²) in [7, 11) is -2.34. The molecule has 0 saturated heterocycles. The van der Waals surface area contributed by atoms with E-state index < -0.39 is 15.9 Å². The fourth-order valence-corrected chi connectivity index (χ4v) is 7.32. The number of pyridine rings is 1. The molecular weight excluding hydrogens is 685 g/mol. The first-order chi connectivity index (χ1) is 24.7. The van der Waals surface area contributed by atoms with E-state index >= 15 is 0 Å². The van der Waals surface area contributed by atoms with Crippen LogP contribution in [0.15, 0.2) is 109 Å². The Labute approximate surface area is 303 Å². The van der Waals surface area contributed by atoms with Crippen LogP contribution in [0.3, 0.4) is 0 Å². The molecule has 0 fully saturated rings. The van der Waals surface area contributed by atoms with Crippen molar-refractivity contribution in [1.29, 1.82) is 0 Å². The van der Waals surface area contributed by atoms with Crippen LogP contribution < -0.4 is 20.1 Å². The Balaban J connectivity index is 1.11. The molecule has 0 aliphatic carbocycles. The van der Waals surface area contributed by atoms with E-state index in [1.807, 2.05) is 66.9 Å². The highest BCUT2D eigenvalue weighted by Crippen LogP contribution is 2.27. The van der Waals surface area contributed by atoms with Crippen LogP contribution in [-0.2, 0) is 21.2 Å². The van der Waals surface area contributed by atoms with Crippen molar-refractivity contribution in [2.45, 2.75) is 32.6 Å². The number of anilines is 3. The molecule has 1 atom stereocenters. The number of thiazole rings is 1. The molecule has 13 heteroatoms. The number of methoxy groups -OCH3 is 1. The molecule has 51 heavy (non-hydrogen) atoms. The van der Waals surface area contributed by atoms with Crippen molar-refractivity contribution in [3.63, 3.8) is 0 Å². The zero-order valence-electron chi connectivity index (χ0n) is 28.6. The summed E-state index contributed by atoms with van der Waals surface area (Å²) < 4.78 is 34.0. The third-order valence-electron chi connectivity index (χ3n) is 8.08. The predicted octanol–water partition coefficient (Wildman–Crippen LogP) is 6.96. The van der Waals surface area contributed by atoms with Gasteiger partial charge in [0.15, 0.2) is 5.13 Å². The molecule has 0 spiro atoms. The van der Waals surface area contributed by atoms with Crippen molar-refractivity contribution in [1.82, 2.24) is 20.2 Å². The minimum absolute atomic E-state index is 0.0896. The van der Waals surface area contributed by atoms with Gasteiger partial charge in [-0.15, -0.1) is 11.3 Å². The van der Waals surface area contributed by atoms with Crippen LogP contribution in [0.2, 0.25) is 0 Å². The van der Waals surface area contributed by atoms with Gasteiger partial charge in [-0.2, -0.15) is 0 Å². The van der Waals surface area contributed by atoms with Crippen molar-refractivity contribution < 1.29 is 22.7 Å². The highest BCUT2D eigenvalue weighted by molar-refractivity contribution is 7.92. The topological polar surface area (TPSA) is 143 Å². The number of carbonyl (C=O) groups is 2. The smallest absolute Gasteiger partial charge is 0.251 e. The first kappa shape index (κ1) is 37.0. The lowest BCUT2D eigenvalue weighted by Gasteiger charge is -2.24. The van der Waals surface area contributed by atoms with Gasteiger partial charge in [-0.05, 0) is 79.3 Å². The lowest BCUT2D eigenvalue weighted by molar-refractivity contribution is -0.131. The Hall–Kier alpha value is -5.27. The highest BCUT2D eigenvalue weighted by Gasteiger charge is 2.23. The monoisotopic (exact) mass is 726 g/mol. The molecule has 2 aromatic heterocycles. The second-order valence-electron chi connectivity index (χ2n) is 12.2. The summed E-state index contributed by atoms with van der Waals surface area (Å²) in [5.41, 5.74) is 4.57. The zero-order chi connectivity index (χ0) is 36.1. The van der Waals surface area contributed by atoms with Gasteiger partial charge < -0.3 is 20.3 Å². The van der Waals surface area contributed by atoms with E-state index in [0.717, 1.165) is 27.6 Å². The Morgan fingerprint density at radius 1 is 0.941 bits per heavy atom. The van der Waals surface area contributed by atoms with E-state index in [-0.39, 0.29) is 24.2 Å². The molecule has 0 saturated carbocycles. The Morgan fingerprint density at radius 2 is 1.71 bits per heavy atom. The van der Waals surface area contributed by atoms with E-state index in [4.69, 9.17) is 4.74 Å². The summed E-state index contributed by atoms with van der Waals surface area (Å²) in [5, 5.41) is 8.87.